The minimum Gasteiger partial charge on any atom is -0.0989 e. The van der Waals surface area contributed by atoms with Gasteiger partial charge in [-0.25, -0.2) is 0 Å². The van der Waals surface area contributed by atoms with Crippen LogP contribution in [0.5, 0.6) is 0 Å². The first-order valence-corrected chi connectivity index (χ1v) is 4.23. The molecule has 0 aromatic carbocycles. The van der Waals surface area contributed by atoms with Gasteiger partial charge in [-0.05, 0) is 30.1 Å². The van der Waals surface area contributed by atoms with E-state index in [-0.39, 0.29) is 0 Å². The van der Waals surface area contributed by atoms with Gasteiger partial charge in [0.1, 0.15) is 0 Å². The Kier molecular flexibility index (Phi) is 0.377. The van der Waals surface area contributed by atoms with Gasteiger partial charge < -0.3 is 0 Å². The van der Waals surface area contributed by atoms with E-state index >= 15 is 0 Å². The van der Waals surface area contributed by atoms with Crippen molar-refractivity contribution < 1.29 is 0 Å². The van der Waals surface area contributed by atoms with Crippen LogP contribution in [0.4, 0.5) is 0 Å². The maximum atomic E-state index is 4.15. The summed E-state index contributed by atoms with van der Waals surface area (Å²) in [5.74, 6) is 3.98. The number of rotatable bonds is 0. The third kappa shape index (κ3) is 0.183. The standard InChI is InChI=1S/C10H10/c1-5-9-7-4-10(5,9)8-3-2-6(7)8/h2-3,6-9H,1,4H2. The summed E-state index contributed by atoms with van der Waals surface area (Å²) in [5, 5.41) is 0. The fraction of sp³-hybridized carbons (Fsp3) is 0.600. The molecule has 0 nitrogen and oxygen atoms in total. The van der Waals surface area contributed by atoms with Gasteiger partial charge in [0.2, 0.25) is 0 Å². The highest BCUT2D eigenvalue weighted by atomic mass is 14.8. The molecule has 0 spiro atoms. The lowest BCUT2D eigenvalue weighted by Gasteiger charge is -2.23. The zero-order valence-electron chi connectivity index (χ0n) is 5.88. The summed E-state index contributed by atoms with van der Waals surface area (Å²) in [7, 11) is 0. The van der Waals surface area contributed by atoms with E-state index in [2.05, 4.69) is 18.7 Å². The van der Waals surface area contributed by atoms with Gasteiger partial charge in [-0.3, -0.25) is 0 Å². The van der Waals surface area contributed by atoms with Crippen molar-refractivity contribution in [3.05, 3.63) is 24.3 Å². The topological polar surface area (TPSA) is 0 Å². The molecule has 3 saturated carbocycles. The predicted octanol–water partition coefficient (Wildman–Crippen LogP) is 1.99. The highest BCUT2D eigenvalue weighted by molar-refractivity contribution is 5.54. The first-order chi connectivity index (χ1) is 4.86. The number of hydrogen-bond donors (Lipinski definition) is 0. The predicted molar refractivity (Wildman–Crippen MR) is 39.3 cm³/mol. The monoisotopic (exact) mass is 130 g/mol. The van der Waals surface area contributed by atoms with Gasteiger partial charge in [0.15, 0.2) is 0 Å². The van der Waals surface area contributed by atoms with E-state index in [1.165, 1.54) is 6.42 Å². The first kappa shape index (κ1) is 4.38. The summed E-state index contributed by atoms with van der Waals surface area (Å²) in [6.07, 6.45) is 6.32. The maximum absolute atomic E-state index is 4.15. The molecule has 0 heterocycles. The summed E-state index contributed by atoms with van der Waals surface area (Å²) >= 11 is 0. The largest absolute Gasteiger partial charge is 0.0989 e. The minimum absolute atomic E-state index is 0.698. The lowest BCUT2D eigenvalue weighted by molar-refractivity contribution is 0.270. The normalized spacial score (nSPS) is 71.8. The summed E-state index contributed by atoms with van der Waals surface area (Å²) in [4.78, 5) is 0. The molecular formula is C10H10. The maximum Gasteiger partial charge on any atom is 0.00523 e. The van der Waals surface area contributed by atoms with Gasteiger partial charge in [0, 0.05) is 5.41 Å². The Labute approximate surface area is 60.6 Å². The molecule has 0 N–H and O–H groups in total. The van der Waals surface area contributed by atoms with Gasteiger partial charge >= 0.3 is 0 Å². The van der Waals surface area contributed by atoms with Crippen molar-refractivity contribution in [3.63, 3.8) is 0 Å². The van der Waals surface area contributed by atoms with E-state index in [4.69, 9.17) is 0 Å². The van der Waals surface area contributed by atoms with Crippen LogP contribution in [0.1, 0.15) is 6.42 Å². The molecule has 3 fully saturated rings. The van der Waals surface area contributed by atoms with Gasteiger partial charge in [0.25, 0.3) is 0 Å². The molecule has 0 aromatic rings. The number of fused-ring (bicyclic) bond motifs is 2. The van der Waals surface area contributed by atoms with Gasteiger partial charge in [-0.15, -0.1) is 0 Å². The SMILES string of the molecule is C=C1C2C3CC12C1C=CC31. The van der Waals surface area contributed by atoms with Gasteiger partial charge in [-0.1, -0.05) is 24.3 Å². The van der Waals surface area contributed by atoms with Crippen molar-refractivity contribution in [1.82, 2.24) is 0 Å². The molecule has 50 valence electrons. The molecule has 4 rings (SSSR count). The van der Waals surface area contributed by atoms with Crippen LogP contribution < -0.4 is 0 Å². The van der Waals surface area contributed by atoms with Crippen molar-refractivity contribution in [3.8, 4) is 0 Å². The second-order valence-corrected chi connectivity index (χ2v) is 4.40. The molecule has 4 aliphatic rings. The van der Waals surface area contributed by atoms with E-state index < -0.39 is 0 Å². The molecule has 0 saturated heterocycles. The van der Waals surface area contributed by atoms with Crippen molar-refractivity contribution in [2.75, 3.05) is 0 Å². The molecule has 0 amide bonds. The third-order valence-corrected chi connectivity index (χ3v) is 4.49. The highest BCUT2D eigenvalue weighted by Crippen LogP contribution is 2.88. The second kappa shape index (κ2) is 0.861. The van der Waals surface area contributed by atoms with Gasteiger partial charge in [0.05, 0.1) is 0 Å². The van der Waals surface area contributed by atoms with Crippen LogP contribution in [0.25, 0.3) is 0 Å². The Bertz CT molecular complexity index is 286. The molecule has 2 bridgehead atoms. The fourth-order valence-corrected chi connectivity index (χ4v) is 3.93. The molecule has 4 aliphatic carbocycles. The summed E-state index contributed by atoms with van der Waals surface area (Å²) in [6.45, 7) is 4.15. The van der Waals surface area contributed by atoms with Crippen molar-refractivity contribution in [1.29, 1.82) is 0 Å². The second-order valence-electron chi connectivity index (χ2n) is 4.40. The van der Waals surface area contributed by atoms with Crippen LogP contribution in [0, 0.1) is 29.1 Å². The zero-order chi connectivity index (χ0) is 6.51. The van der Waals surface area contributed by atoms with Crippen LogP contribution in [0.3, 0.4) is 0 Å². The zero-order valence-corrected chi connectivity index (χ0v) is 5.88. The van der Waals surface area contributed by atoms with E-state index in [1.54, 1.807) is 5.57 Å². The summed E-state index contributed by atoms with van der Waals surface area (Å²) in [6, 6.07) is 0. The van der Waals surface area contributed by atoms with Crippen molar-refractivity contribution >= 4 is 0 Å². The van der Waals surface area contributed by atoms with Gasteiger partial charge in [-0.2, -0.15) is 0 Å². The Morgan fingerprint density at radius 1 is 1.50 bits per heavy atom. The van der Waals surface area contributed by atoms with E-state index in [9.17, 15) is 0 Å². The fourth-order valence-electron chi connectivity index (χ4n) is 3.93. The van der Waals surface area contributed by atoms with Crippen LogP contribution in [-0.2, 0) is 0 Å². The third-order valence-electron chi connectivity index (χ3n) is 4.49. The number of allylic oxidation sites excluding steroid dienone is 3. The van der Waals surface area contributed by atoms with Crippen molar-refractivity contribution in [2.45, 2.75) is 6.42 Å². The summed E-state index contributed by atoms with van der Waals surface area (Å²) in [5.41, 5.74) is 2.30. The molecular weight excluding hydrogens is 120 g/mol. The lowest BCUT2D eigenvalue weighted by Crippen LogP contribution is -2.16. The smallest absolute Gasteiger partial charge is 0.00523 e. The molecule has 0 heteroatoms. The van der Waals surface area contributed by atoms with E-state index in [0.717, 1.165) is 23.7 Å². The molecule has 0 aliphatic heterocycles. The summed E-state index contributed by atoms with van der Waals surface area (Å²) < 4.78 is 0. The quantitative estimate of drug-likeness (QED) is 0.440. The van der Waals surface area contributed by atoms with Crippen molar-refractivity contribution in [2.24, 2.45) is 29.1 Å². The molecule has 0 radical (unpaired) electrons. The van der Waals surface area contributed by atoms with Crippen LogP contribution >= 0.6 is 0 Å². The first-order valence-electron chi connectivity index (χ1n) is 4.23. The lowest BCUT2D eigenvalue weighted by atomic mass is 9.81. The highest BCUT2D eigenvalue weighted by Gasteiger charge is 2.82. The molecule has 5 unspecified atom stereocenters. The number of hydrogen-bond acceptors (Lipinski definition) is 0. The van der Waals surface area contributed by atoms with Crippen LogP contribution in [0.15, 0.2) is 24.3 Å². The van der Waals surface area contributed by atoms with E-state index in [1.807, 2.05) is 0 Å². The Hall–Kier alpha value is -0.520. The van der Waals surface area contributed by atoms with Crippen LogP contribution in [-0.4, -0.2) is 0 Å². The van der Waals surface area contributed by atoms with Crippen LogP contribution in [0.2, 0.25) is 0 Å². The molecule has 10 heavy (non-hydrogen) atoms. The Balaban J connectivity index is 2.00. The average Bonchev–Trinajstić information content (AvgIpc) is 2.09. The molecule has 0 aromatic heterocycles. The average molecular weight is 130 g/mol. The van der Waals surface area contributed by atoms with E-state index in [0.29, 0.717) is 5.41 Å². The Morgan fingerprint density at radius 2 is 2.40 bits per heavy atom. The molecule has 5 atom stereocenters. The minimum atomic E-state index is 0.698. The Morgan fingerprint density at radius 3 is 2.80 bits per heavy atom.